The van der Waals surface area contributed by atoms with E-state index in [2.05, 4.69) is 15.9 Å². The van der Waals surface area contributed by atoms with Crippen LogP contribution >= 0.6 is 15.9 Å². The molecule has 3 atom stereocenters. The molecular formula is C18H19BrF2NO5-. The zero-order valence-electron chi connectivity index (χ0n) is 14.4. The summed E-state index contributed by atoms with van der Waals surface area (Å²) in [6.45, 7) is 0.0871. The predicted octanol–water partition coefficient (Wildman–Crippen LogP) is 2.03. The molecule has 3 unspecified atom stereocenters. The molecule has 1 saturated heterocycles. The first kappa shape index (κ1) is 20.0. The van der Waals surface area contributed by atoms with E-state index in [9.17, 15) is 28.6 Å². The SMILES string of the molecule is O=C([O-])N1CCC(OC(=O)C(O)(c2ccc(Br)cc2)C2CCC(F)(F)C2)C1. The number of halogens is 3. The molecule has 27 heavy (non-hydrogen) atoms. The molecule has 1 aliphatic carbocycles. The van der Waals surface area contributed by atoms with Crippen LogP contribution in [0.25, 0.3) is 0 Å². The van der Waals surface area contributed by atoms with Crippen LogP contribution in [0.1, 0.15) is 31.2 Å². The molecule has 9 heteroatoms. The second-order valence-electron chi connectivity index (χ2n) is 7.10. The molecule has 148 valence electrons. The van der Waals surface area contributed by atoms with E-state index < -0.39 is 48.4 Å². The van der Waals surface area contributed by atoms with Gasteiger partial charge < -0.3 is 24.6 Å². The van der Waals surface area contributed by atoms with E-state index in [1.54, 1.807) is 12.1 Å². The lowest BCUT2D eigenvalue weighted by molar-refractivity contribution is -0.264. The number of rotatable bonds is 4. The third-order valence-electron chi connectivity index (χ3n) is 5.27. The molecule has 1 aromatic carbocycles. The summed E-state index contributed by atoms with van der Waals surface area (Å²) in [5.41, 5.74) is -2.05. The Hall–Kier alpha value is -1.74. The number of carbonyl (C=O) groups excluding carboxylic acids is 2. The summed E-state index contributed by atoms with van der Waals surface area (Å²) in [5.74, 6) is -4.98. The van der Waals surface area contributed by atoms with Crippen molar-refractivity contribution in [3.05, 3.63) is 34.3 Å². The van der Waals surface area contributed by atoms with Crippen LogP contribution in [-0.2, 0) is 15.1 Å². The second kappa shape index (κ2) is 7.35. The quantitative estimate of drug-likeness (QED) is 0.714. The van der Waals surface area contributed by atoms with Gasteiger partial charge in [0.2, 0.25) is 5.92 Å². The van der Waals surface area contributed by atoms with E-state index in [1.807, 2.05) is 0 Å². The number of hydrogen-bond acceptors (Lipinski definition) is 5. The van der Waals surface area contributed by atoms with Crippen LogP contribution in [0, 0.1) is 5.92 Å². The first-order valence-corrected chi connectivity index (χ1v) is 9.44. The highest BCUT2D eigenvalue weighted by Gasteiger charge is 2.55. The normalized spacial score (nSPS) is 26.6. The van der Waals surface area contributed by atoms with E-state index in [1.165, 1.54) is 12.1 Å². The Morgan fingerprint density at radius 1 is 1.30 bits per heavy atom. The Kier molecular flexibility index (Phi) is 5.45. The summed E-state index contributed by atoms with van der Waals surface area (Å²) in [6, 6.07) is 6.19. The molecule has 2 fully saturated rings. The molecule has 0 bridgehead atoms. The van der Waals surface area contributed by atoms with Crippen LogP contribution in [0.15, 0.2) is 28.7 Å². The molecule has 1 saturated carbocycles. The lowest BCUT2D eigenvalue weighted by Crippen LogP contribution is -2.46. The van der Waals surface area contributed by atoms with Gasteiger partial charge >= 0.3 is 5.97 Å². The number of aliphatic hydroxyl groups is 1. The molecule has 6 nitrogen and oxygen atoms in total. The number of ether oxygens (including phenoxy) is 1. The van der Waals surface area contributed by atoms with Gasteiger partial charge in [-0.25, -0.2) is 13.6 Å². The summed E-state index contributed by atoms with van der Waals surface area (Å²) in [5, 5.41) is 22.1. The van der Waals surface area contributed by atoms with Crippen molar-refractivity contribution < 1.29 is 33.3 Å². The van der Waals surface area contributed by atoms with Crippen LogP contribution in [0.4, 0.5) is 13.6 Å². The van der Waals surface area contributed by atoms with Crippen molar-refractivity contribution in [1.29, 1.82) is 0 Å². The molecule has 0 aromatic heterocycles. The molecule has 1 heterocycles. The molecule has 0 radical (unpaired) electrons. The number of esters is 1. The van der Waals surface area contributed by atoms with Gasteiger partial charge in [-0.15, -0.1) is 0 Å². The Balaban J connectivity index is 1.84. The summed E-state index contributed by atoms with van der Waals surface area (Å²) in [6.07, 6.45) is -2.91. The maximum Gasteiger partial charge on any atom is 0.343 e. The van der Waals surface area contributed by atoms with Gasteiger partial charge in [-0.05, 0) is 24.1 Å². The smallest absolute Gasteiger partial charge is 0.343 e. The molecule has 1 N–H and O–H groups in total. The number of amides is 1. The van der Waals surface area contributed by atoms with E-state index in [0.29, 0.717) is 4.47 Å². The van der Waals surface area contributed by atoms with Crippen molar-refractivity contribution in [3.63, 3.8) is 0 Å². The number of nitrogens with zero attached hydrogens (tertiary/aromatic N) is 1. The van der Waals surface area contributed by atoms with Crippen LogP contribution in [0.5, 0.6) is 0 Å². The van der Waals surface area contributed by atoms with E-state index >= 15 is 0 Å². The van der Waals surface area contributed by atoms with Gasteiger partial charge in [0.05, 0.1) is 6.54 Å². The molecule has 2 aliphatic rings. The highest BCUT2D eigenvalue weighted by molar-refractivity contribution is 9.10. The van der Waals surface area contributed by atoms with Crippen molar-refractivity contribution in [1.82, 2.24) is 4.90 Å². The highest BCUT2D eigenvalue weighted by atomic mass is 79.9. The molecular weight excluding hydrogens is 428 g/mol. The Morgan fingerprint density at radius 3 is 2.48 bits per heavy atom. The third kappa shape index (κ3) is 4.08. The number of carboxylic acid groups (broad SMARTS) is 1. The average Bonchev–Trinajstić information content (AvgIpc) is 3.21. The number of benzene rings is 1. The zero-order valence-corrected chi connectivity index (χ0v) is 16.0. The fourth-order valence-electron chi connectivity index (χ4n) is 3.76. The maximum atomic E-state index is 13.8. The minimum atomic E-state index is -2.95. The lowest BCUT2D eigenvalue weighted by Gasteiger charge is -2.33. The van der Waals surface area contributed by atoms with Gasteiger partial charge in [0, 0.05) is 36.2 Å². The molecule has 0 spiro atoms. The molecule has 1 aliphatic heterocycles. The van der Waals surface area contributed by atoms with Crippen LogP contribution < -0.4 is 5.11 Å². The minimum Gasteiger partial charge on any atom is -0.530 e. The highest BCUT2D eigenvalue weighted by Crippen LogP contribution is 2.48. The van der Waals surface area contributed by atoms with Crippen LogP contribution in [0.2, 0.25) is 0 Å². The van der Waals surface area contributed by atoms with Crippen molar-refractivity contribution in [2.75, 3.05) is 13.1 Å². The second-order valence-corrected chi connectivity index (χ2v) is 8.01. The van der Waals surface area contributed by atoms with E-state index in [-0.39, 0.29) is 31.5 Å². The maximum absolute atomic E-state index is 13.8. The minimum absolute atomic E-state index is 0.0233. The number of likely N-dealkylation sites (tertiary alicyclic amines) is 1. The van der Waals surface area contributed by atoms with E-state index in [0.717, 1.165) is 4.90 Å². The van der Waals surface area contributed by atoms with Crippen molar-refractivity contribution in [2.24, 2.45) is 5.92 Å². The fraction of sp³-hybridized carbons (Fsp3) is 0.556. The first-order chi connectivity index (χ1) is 12.6. The summed E-state index contributed by atoms with van der Waals surface area (Å²) < 4.78 is 33.6. The van der Waals surface area contributed by atoms with Gasteiger partial charge in [-0.3, -0.25) is 0 Å². The van der Waals surface area contributed by atoms with E-state index in [4.69, 9.17) is 4.74 Å². The Labute approximate surface area is 163 Å². The van der Waals surface area contributed by atoms with Crippen molar-refractivity contribution in [2.45, 2.75) is 43.3 Å². The average molecular weight is 447 g/mol. The van der Waals surface area contributed by atoms with Crippen molar-refractivity contribution >= 4 is 28.0 Å². The number of hydrogen-bond donors (Lipinski definition) is 1. The largest absolute Gasteiger partial charge is 0.530 e. The standard InChI is InChI=1S/C18H20BrF2NO5/c19-13-3-1-11(2-4-13)18(26,12-5-7-17(20,21)9-12)15(23)27-14-6-8-22(10-14)16(24)25/h1-4,12,14,26H,5-10H2,(H,24,25)/p-1. The van der Waals surface area contributed by atoms with Crippen LogP contribution in [-0.4, -0.2) is 47.2 Å². The lowest BCUT2D eigenvalue weighted by atomic mass is 9.80. The fourth-order valence-corrected chi connectivity index (χ4v) is 4.03. The Bertz CT molecular complexity index is 729. The number of alkyl halides is 2. The molecule has 1 amide bonds. The first-order valence-electron chi connectivity index (χ1n) is 8.65. The van der Waals surface area contributed by atoms with Gasteiger partial charge in [-0.2, -0.15) is 0 Å². The third-order valence-corrected chi connectivity index (χ3v) is 5.80. The molecule has 3 rings (SSSR count). The van der Waals surface area contributed by atoms with Gasteiger partial charge in [0.15, 0.2) is 5.60 Å². The van der Waals surface area contributed by atoms with Gasteiger partial charge in [-0.1, -0.05) is 28.1 Å². The molecule has 1 aromatic rings. The van der Waals surface area contributed by atoms with Crippen molar-refractivity contribution in [3.8, 4) is 0 Å². The monoisotopic (exact) mass is 446 g/mol. The summed E-state index contributed by atoms with van der Waals surface area (Å²) >= 11 is 3.26. The zero-order chi connectivity index (χ0) is 19.8. The Morgan fingerprint density at radius 2 is 1.96 bits per heavy atom. The van der Waals surface area contributed by atoms with Gasteiger partial charge in [0.25, 0.3) is 0 Å². The predicted molar refractivity (Wildman–Crippen MR) is 91.8 cm³/mol. The van der Waals surface area contributed by atoms with Crippen LogP contribution in [0.3, 0.4) is 0 Å². The summed E-state index contributed by atoms with van der Waals surface area (Å²) in [4.78, 5) is 24.8. The summed E-state index contributed by atoms with van der Waals surface area (Å²) in [7, 11) is 0. The van der Waals surface area contributed by atoms with Gasteiger partial charge in [0.1, 0.15) is 12.2 Å². The topological polar surface area (TPSA) is 89.9 Å². The number of carbonyl (C=O) groups is 2.